The molecule has 1 N–H and O–H groups in total. The monoisotopic (exact) mass is 255 g/mol. The van der Waals surface area contributed by atoms with Gasteiger partial charge in [0.25, 0.3) is 5.91 Å². The van der Waals surface area contributed by atoms with Gasteiger partial charge in [0.05, 0.1) is 12.7 Å². The molecule has 3 nitrogen and oxygen atoms in total. The average Bonchev–Trinajstić information content (AvgIpc) is 2.46. The first kappa shape index (κ1) is 13.1. The predicted molar refractivity (Wildman–Crippen MR) is 75.3 cm³/mol. The van der Waals surface area contributed by atoms with Crippen LogP contribution in [-0.4, -0.2) is 13.0 Å². The normalized spacial score (nSPS) is 10.0. The van der Waals surface area contributed by atoms with Gasteiger partial charge in [-0.2, -0.15) is 0 Å². The third-order valence-electron chi connectivity index (χ3n) is 2.93. The third-order valence-corrected chi connectivity index (χ3v) is 2.93. The van der Waals surface area contributed by atoms with Gasteiger partial charge in [0.15, 0.2) is 0 Å². The molecule has 0 aliphatic heterocycles. The van der Waals surface area contributed by atoms with E-state index in [0.29, 0.717) is 17.9 Å². The largest absolute Gasteiger partial charge is 0.496 e. The lowest BCUT2D eigenvalue weighted by Gasteiger charge is -2.09. The van der Waals surface area contributed by atoms with Gasteiger partial charge in [-0.15, -0.1) is 0 Å². The Morgan fingerprint density at radius 2 is 1.79 bits per heavy atom. The summed E-state index contributed by atoms with van der Waals surface area (Å²) >= 11 is 0. The van der Waals surface area contributed by atoms with Crippen LogP contribution in [0.4, 0.5) is 0 Å². The predicted octanol–water partition coefficient (Wildman–Crippen LogP) is 2.93. The van der Waals surface area contributed by atoms with Crippen molar-refractivity contribution in [2.75, 3.05) is 7.11 Å². The number of ether oxygens (including phenoxy) is 1. The van der Waals surface area contributed by atoms with E-state index in [2.05, 4.69) is 5.32 Å². The highest BCUT2D eigenvalue weighted by atomic mass is 16.5. The lowest BCUT2D eigenvalue weighted by molar-refractivity contribution is 0.0948. The Labute approximate surface area is 113 Å². The van der Waals surface area contributed by atoms with Crippen LogP contribution in [0, 0.1) is 6.92 Å². The van der Waals surface area contributed by atoms with Gasteiger partial charge in [-0.3, -0.25) is 4.79 Å². The van der Waals surface area contributed by atoms with Gasteiger partial charge >= 0.3 is 0 Å². The number of para-hydroxylation sites is 1. The average molecular weight is 255 g/mol. The second-order valence-corrected chi connectivity index (χ2v) is 4.37. The number of carbonyl (C=O) groups is 1. The Bertz CT molecular complexity index is 561. The van der Waals surface area contributed by atoms with Crippen molar-refractivity contribution in [1.82, 2.24) is 5.32 Å². The lowest BCUT2D eigenvalue weighted by atomic mass is 10.1. The molecule has 19 heavy (non-hydrogen) atoms. The summed E-state index contributed by atoms with van der Waals surface area (Å²) in [6.45, 7) is 2.55. The van der Waals surface area contributed by atoms with Gasteiger partial charge in [0.2, 0.25) is 0 Å². The molecule has 0 aliphatic rings. The molecular weight excluding hydrogens is 238 g/mol. The van der Waals surface area contributed by atoms with Crippen LogP contribution in [0.15, 0.2) is 48.5 Å². The van der Waals surface area contributed by atoms with Gasteiger partial charge in [-0.1, -0.05) is 42.0 Å². The first-order valence-corrected chi connectivity index (χ1v) is 6.17. The van der Waals surface area contributed by atoms with Crippen LogP contribution in [0.2, 0.25) is 0 Å². The van der Waals surface area contributed by atoms with Gasteiger partial charge in [0.1, 0.15) is 5.75 Å². The molecule has 2 aromatic rings. The van der Waals surface area contributed by atoms with E-state index in [0.717, 1.165) is 5.56 Å². The van der Waals surface area contributed by atoms with Crippen LogP contribution >= 0.6 is 0 Å². The molecule has 1 amide bonds. The first-order chi connectivity index (χ1) is 9.20. The molecule has 2 aromatic carbocycles. The smallest absolute Gasteiger partial charge is 0.255 e. The maximum atomic E-state index is 12.1. The standard InChI is InChI=1S/C16H17NO2/c1-12-7-9-13(10-8-12)11-17-16(18)14-5-3-4-6-15(14)19-2/h3-10H,11H2,1-2H3,(H,17,18). The third kappa shape index (κ3) is 3.35. The molecule has 0 radical (unpaired) electrons. The second-order valence-electron chi connectivity index (χ2n) is 4.37. The maximum absolute atomic E-state index is 12.1. The molecule has 0 aliphatic carbocycles. The summed E-state index contributed by atoms with van der Waals surface area (Å²) in [7, 11) is 1.56. The van der Waals surface area contributed by atoms with Crippen LogP contribution in [0.25, 0.3) is 0 Å². The number of hydrogen-bond acceptors (Lipinski definition) is 2. The summed E-state index contributed by atoms with van der Waals surface area (Å²) in [5, 5.41) is 2.89. The van der Waals surface area contributed by atoms with Crippen molar-refractivity contribution in [3.8, 4) is 5.75 Å². The summed E-state index contributed by atoms with van der Waals surface area (Å²) in [6, 6.07) is 15.3. The molecule has 0 unspecified atom stereocenters. The van der Waals surface area contributed by atoms with Crippen LogP contribution in [0.3, 0.4) is 0 Å². The van der Waals surface area contributed by atoms with Crippen LogP contribution in [0.1, 0.15) is 21.5 Å². The van der Waals surface area contributed by atoms with E-state index in [1.807, 2.05) is 43.3 Å². The molecule has 0 heterocycles. The summed E-state index contributed by atoms with van der Waals surface area (Å²) in [6.07, 6.45) is 0. The Balaban J connectivity index is 2.03. The van der Waals surface area contributed by atoms with Crippen LogP contribution in [0.5, 0.6) is 5.75 Å². The zero-order valence-corrected chi connectivity index (χ0v) is 11.1. The number of carbonyl (C=O) groups excluding carboxylic acids is 1. The minimum Gasteiger partial charge on any atom is -0.496 e. The second kappa shape index (κ2) is 6.05. The van der Waals surface area contributed by atoms with Gasteiger partial charge in [-0.25, -0.2) is 0 Å². The molecule has 0 bridgehead atoms. The van der Waals surface area contributed by atoms with Gasteiger partial charge in [-0.05, 0) is 24.6 Å². The summed E-state index contributed by atoms with van der Waals surface area (Å²) < 4.78 is 5.17. The van der Waals surface area contributed by atoms with Crippen molar-refractivity contribution in [3.63, 3.8) is 0 Å². The Morgan fingerprint density at radius 1 is 1.11 bits per heavy atom. The Morgan fingerprint density at radius 3 is 2.47 bits per heavy atom. The molecule has 98 valence electrons. The minimum atomic E-state index is -0.127. The zero-order chi connectivity index (χ0) is 13.7. The van der Waals surface area contributed by atoms with Crippen LogP contribution in [-0.2, 0) is 6.54 Å². The Kier molecular flexibility index (Phi) is 4.18. The van der Waals surface area contributed by atoms with Crippen molar-refractivity contribution in [2.24, 2.45) is 0 Å². The van der Waals surface area contributed by atoms with E-state index >= 15 is 0 Å². The van der Waals surface area contributed by atoms with E-state index in [9.17, 15) is 4.79 Å². The number of rotatable bonds is 4. The fourth-order valence-electron chi connectivity index (χ4n) is 1.82. The molecule has 0 aromatic heterocycles. The van der Waals surface area contributed by atoms with Crippen molar-refractivity contribution in [3.05, 3.63) is 65.2 Å². The first-order valence-electron chi connectivity index (χ1n) is 6.17. The van der Waals surface area contributed by atoms with E-state index < -0.39 is 0 Å². The van der Waals surface area contributed by atoms with Crippen molar-refractivity contribution >= 4 is 5.91 Å². The topological polar surface area (TPSA) is 38.3 Å². The number of methoxy groups -OCH3 is 1. The highest BCUT2D eigenvalue weighted by Gasteiger charge is 2.10. The fraction of sp³-hybridized carbons (Fsp3) is 0.188. The van der Waals surface area contributed by atoms with E-state index in [1.165, 1.54) is 5.56 Å². The van der Waals surface area contributed by atoms with Crippen molar-refractivity contribution in [1.29, 1.82) is 0 Å². The van der Waals surface area contributed by atoms with E-state index in [4.69, 9.17) is 4.74 Å². The molecule has 0 fully saturated rings. The number of aryl methyl sites for hydroxylation is 1. The number of hydrogen-bond donors (Lipinski definition) is 1. The SMILES string of the molecule is COc1ccccc1C(=O)NCc1ccc(C)cc1. The molecule has 2 rings (SSSR count). The van der Waals surface area contributed by atoms with Crippen molar-refractivity contribution in [2.45, 2.75) is 13.5 Å². The van der Waals surface area contributed by atoms with Crippen LogP contribution < -0.4 is 10.1 Å². The van der Waals surface area contributed by atoms with E-state index in [1.54, 1.807) is 19.2 Å². The number of amides is 1. The Hall–Kier alpha value is -2.29. The summed E-state index contributed by atoms with van der Waals surface area (Å²) in [4.78, 5) is 12.1. The van der Waals surface area contributed by atoms with E-state index in [-0.39, 0.29) is 5.91 Å². The highest BCUT2D eigenvalue weighted by molar-refractivity contribution is 5.96. The maximum Gasteiger partial charge on any atom is 0.255 e. The van der Waals surface area contributed by atoms with Gasteiger partial charge < -0.3 is 10.1 Å². The molecule has 0 spiro atoms. The molecular formula is C16H17NO2. The number of nitrogens with one attached hydrogen (secondary N) is 1. The molecule has 0 atom stereocenters. The zero-order valence-electron chi connectivity index (χ0n) is 11.1. The highest BCUT2D eigenvalue weighted by Crippen LogP contribution is 2.17. The summed E-state index contributed by atoms with van der Waals surface area (Å²) in [5.74, 6) is 0.460. The van der Waals surface area contributed by atoms with Gasteiger partial charge in [0, 0.05) is 6.54 Å². The molecule has 0 saturated carbocycles. The fourth-order valence-corrected chi connectivity index (χ4v) is 1.82. The minimum absolute atomic E-state index is 0.127. The number of benzene rings is 2. The van der Waals surface area contributed by atoms with Crippen molar-refractivity contribution < 1.29 is 9.53 Å². The molecule has 0 saturated heterocycles. The summed E-state index contributed by atoms with van der Waals surface area (Å²) in [5.41, 5.74) is 2.84. The lowest BCUT2D eigenvalue weighted by Crippen LogP contribution is -2.23. The molecule has 3 heteroatoms. The quantitative estimate of drug-likeness (QED) is 0.912.